The van der Waals surface area contributed by atoms with Gasteiger partial charge in [-0.05, 0) is 45.9 Å². The van der Waals surface area contributed by atoms with Crippen molar-refractivity contribution < 1.29 is 19.4 Å². The number of hydrogen-bond donors (Lipinski definition) is 1. The van der Waals surface area contributed by atoms with E-state index in [-0.39, 0.29) is 11.1 Å². The second-order valence-electron chi connectivity index (χ2n) is 4.94. The molecule has 1 aromatic carbocycles. The quantitative estimate of drug-likeness (QED) is 0.656. The van der Waals surface area contributed by atoms with Crippen LogP contribution in [-0.4, -0.2) is 22.6 Å². The standard InChI is InChI=1S/C15H16O4/c1-5-6-10-7-8-11(13(16)17)12(9-10)14(18)19-15(2,3)4/h7-9H,1-4H3,(H,16,17). The van der Waals surface area contributed by atoms with Crippen LogP contribution in [0.4, 0.5) is 0 Å². The minimum absolute atomic E-state index is 0.0164. The molecule has 0 bridgehead atoms. The predicted octanol–water partition coefficient (Wildman–Crippen LogP) is 2.71. The molecule has 1 N–H and O–H groups in total. The lowest BCUT2D eigenvalue weighted by molar-refractivity contribution is 0.00658. The maximum Gasteiger partial charge on any atom is 0.339 e. The van der Waals surface area contributed by atoms with E-state index in [4.69, 9.17) is 9.84 Å². The molecule has 0 fully saturated rings. The van der Waals surface area contributed by atoms with Gasteiger partial charge in [-0.15, -0.1) is 5.92 Å². The van der Waals surface area contributed by atoms with Crippen LogP contribution in [0.1, 0.15) is 54.0 Å². The average molecular weight is 260 g/mol. The van der Waals surface area contributed by atoms with Gasteiger partial charge in [-0.25, -0.2) is 9.59 Å². The van der Waals surface area contributed by atoms with Crippen LogP contribution < -0.4 is 0 Å². The van der Waals surface area contributed by atoms with Gasteiger partial charge in [0.1, 0.15) is 5.60 Å². The smallest absolute Gasteiger partial charge is 0.339 e. The van der Waals surface area contributed by atoms with E-state index in [2.05, 4.69) is 11.8 Å². The highest BCUT2D eigenvalue weighted by atomic mass is 16.6. The summed E-state index contributed by atoms with van der Waals surface area (Å²) in [4.78, 5) is 23.1. The van der Waals surface area contributed by atoms with Crippen LogP contribution >= 0.6 is 0 Å². The lowest BCUT2D eigenvalue weighted by atomic mass is 10.0. The molecule has 4 heteroatoms. The van der Waals surface area contributed by atoms with Gasteiger partial charge in [0, 0.05) is 5.56 Å². The molecule has 1 aromatic rings. The summed E-state index contributed by atoms with van der Waals surface area (Å²) in [6.07, 6.45) is 0. The summed E-state index contributed by atoms with van der Waals surface area (Å²) >= 11 is 0. The summed E-state index contributed by atoms with van der Waals surface area (Å²) < 4.78 is 5.20. The Morgan fingerprint density at radius 2 is 1.84 bits per heavy atom. The zero-order chi connectivity index (χ0) is 14.6. The monoisotopic (exact) mass is 260 g/mol. The Hall–Kier alpha value is -2.28. The molecule has 0 amide bonds. The summed E-state index contributed by atoms with van der Waals surface area (Å²) in [5.74, 6) is 3.65. The number of ether oxygens (including phenoxy) is 1. The Kier molecular flexibility index (Phi) is 4.34. The molecule has 0 radical (unpaired) electrons. The van der Waals surface area contributed by atoms with Crippen LogP contribution in [0.2, 0.25) is 0 Å². The number of aromatic carboxylic acids is 1. The lowest BCUT2D eigenvalue weighted by Crippen LogP contribution is -2.25. The molecule has 0 aromatic heterocycles. The molecule has 1 rings (SSSR count). The van der Waals surface area contributed by atoms with Gasteiger partial charge in [-0.2, -0.15) is 0 Å². The molecular weight excluding hydrogens is 244 g/mol. The molecule has 0 aliphatic rings. The van der Waals surface area contributed by atoms with Crippen molar-refractivity contribution >= 4 is 11.9 Å². The highest BCUT2D eigenvalue weighted by molar-refractivity contribution is 6.02. The fourth-order valence-corrected chi connectivity index (χ4v) is 1.45. The van der Waals surface area contributed by atoms with Gasteiger partial charge in [0.05, 0.1) is 11.1 Å². The van der Waals surface area contributed by atoms with Gasteiger partial charge >= 0.3 is 11.9 Å². The van der Waals surface area contributed by atoms with Gasteiger partial charge in [0.15, 0.2) is 0 Å². The van der Waals surface area contributed by atoms with Crippen molar-refractivity contribution in [2.24, 2.45) is 0 Å². The Labute approximate surface area is 112 Å². The Morgan fingerprint density at radius 1 is 1.21 bits per heavy atom. The van der Waals surface area contributed by atoms with E-state index >= 15 is 0 Å². The Morgan fingerprint density at radius 3 is 2.32 bits per heavy atom. The van der Waals surface area contributed by atoms with Crippen LogP contribution in [0.5, 0.6) is 0 Å². The largest absolute Gasteiger partial charge is 0.478 e. The third-order valence-corrected chi connectivity index (χ3v) is 2.14. The van der Waals surface area contributed by atoms with E-state index in [0.29, 0.717) is 5.56 Å². The zero-order valence-electron chi connectivity index (χ0n) is 11.4. The van der Waals surface area contributed by atoms with E-state index in [1.54, 1.807) is 33.8 Å². The summed E-state index contributed by atoms with van der Waals surface area (Å²) in [5.41, 5.74) is -0.175. The van der Waals surface area contributed by atoms with Gasteiger partial charge in [0.25, 0.3) is 0 Å². The minimum Gasteiger partial charge on any atom is -0.478 e. The molecule has 0 aliphatic heterocycles. The molecule has 100 valence electrons. The van der Waals surface area contributed by atoms with Crippen molar-refractivity contribution in [1.29, 1.82) is 0 Å². The predicted molar refractivity (Wildman–Crippen MR) is 71.1 cm³/mol. The lowest BCUT2D eigenvalue weighted by Gasteiger charge is -2.20. The van der Waals surface area contributed by atoms with Crippen molar-refractivity contribution in [2.45, 2.75) is 33.3 Å². The molecule has 0 spiro atoms. The van der Waals surface area contributed by atoms with Crippen LogP contribution in [0.3, 0.4) is 0 Å². The number of esters is 1. The van der Waals surface area contributed by atoms with Crippen molar-refractivity contribution in [2.75, 3.05) is 0 Å². The summed E-state index contributed by atoms with van der Waals surface area (Å²) in [6, 6.07) is 4.36. The number of carboxylic acid groups (broad SMARTS) is 1. The first-order chi connectivity index (χ1) is 8.74. The number of hydrogen-bond acceptors (Lipinski definition) is 3. The number of carbonyl (C=O) groups is 2. The first-order valence-corrected chi connectivity index (χ1v) is 5.78. The topological polar surface area (TPSA) is 63.6 Å². The van der Waals surface area contributed by atoms with Crippen molar-refractivity contribution in [3.8, 4) is 11.8 Å². The zero-order valence-corrected chi connectivity index (χ0v) is 11.4. The van der Waals surface area contributed by atoms with Gasteiger partial charge in [0.2, 0.25) is 0 Å². The van der Waals surface area contributed by atoms with Crippen LogP contribution in [0, 0.1) is 11.8 Å². The van der Waals surface area contributed by atoms with E-state index in [1.165, 1.54) is 12.1 Å². The van der Waals surface area contributed by atoms with E-state index in [9.17, 15) is 9.59 Å². The van der Waals surface area contributed by atoms with Gasteiger partial charge < -0.3 is 9.84 Å². The molecular formula is C15H16O4. The Bertz CT molecular complexity index is 568. The second kappa shape index (κ2) is 5.57. The minimum atomic E-state index is -1.17. The third kappa shape index (κ3) is 4.14. The molecule has 4 nitrogen and oxygen atoms in total. The first kappa shape index (κ1) is 14.8. The van der Waals surface area contributed by atoms with Crippen LogP contribution in [0.25, 0.3) is 0 Å². The number of rotatable bonds is 2. The van der Waals surface area contributed by atoms with Gasteiger partial charge in [-0.1, -0.05) is 5.92 Å². The van der Waals surface area contributed by atoms with E-state index < -0.39 is 17.5 Å². The average Bonchev–Trinajstić information content (AvgIpc) is 2.26. The maximum absolute atomic E-state index is 12.0. The molecule has 0 heterocycles. The van der Waals surface area contributed by atoms with E-state index in [1.807, 2.05) is 0 Å². The third-order valence-electron chi connectivity index (χ3n) is 2.14. The highest BCUT2D eigenvalue weighted by Crippen LogP contribution is 2.17. The number of carboxylic acids is 1. The SMILES string of the molecule is CC#Cc1ccc(C(=O)O)c(C(=O)OC(C)(C)C)c1. The normalized spacial score (nSPS) is 10.3. The molecule has 0 saturated heterocycles. The molecule has 0 atom stereocenters. The molecule has 0 unspecified atom stereocenters. The summed E-state index contributed by atoms with van der Waals surface area (Å²) in [6.45, 7) is 6.83. The van der Waals surface area contributed by atoms with Crippen molar-refractivity contribution in [3.63, 3.8) is 0 Å². The van der Waals surface area contributed by atoms with Crippen LogP contribution in [0.15, 0.2) is 18.2 Å². The number of carbonyl (C=O) groups excluding carboxylic acids is 1. The maximum atomic E-state index is 12.0. The summed E-state index contributed by atoms with van der Waals surface area (Å²) in [7, 11) is 0. The fraction of sp³-hybridized carbons (Fsp3) is 0.333. The van der Waals surface area contributed by atoms with Crippen molar-refractivity contribution in [3.05, 3.63) is 34.9 Å². The molecule has 19 heavy (non-hydrogen) atoms. The van der Waals surface area contributed by atoms with Crippen molar-refractivity contribution in [1.82, 2.24) is 0 Å². The fourth-order valence-electron chi connectivity index (χ4n) is 1.45. The molecule has 0 saturated carbocycles. The van der Waals surface area contributed by atoms with E-state index in [0.717, 1.165) is 0 Å². The highest BCUT2D eigenvalue weighted by Gasteiger charge is 2.23. The Balaban J connectivity index is 3.27. The first-order valence-electron chi connectivity index (χ1n) is 5.78. The van der Waals surface area contributed by atoms with Crippen LogP contribution in [-0.2, 0) is 4.74 Å². The molecule has 0 aliphatic carbocycles. The number of benzene rings is 1. The van der Waals surface area contributed by atoms with Gasteiger partial charge in [-0.3, -0.25) is 0 Å². The second-order valence-corrected chi connectivity index (χ2v) is 4.94. The summed E-state index contributed by atoms with van der Waals surface area (Å²) in [5, 5.41) is 9.09.